The predicted molar refractivity (Wildman–Crippen MR) is 94.9 cm³/mol. The molecule has 25 heavy (non-hydrogen) atoms. The van der Waals surface area contributed by atoms with Gasteiger partial charge in [-0.05, 0) is 44.2 Å². The quantitative estimate of drug-likeness (QED) is 0.769. The van der Waals surface area contributed by atoms with Crippen molar-refractivity contribution in [2.75, 3.05) is 19.8 Å². The molecule has 0 radical (unpaired) electrons. The number of ether oxygens (including phenoxy) is 1. The van der Waals surface area contributed by atoms with E-state index in [1.807, 2.05) is 38.1 Å². The van der Waals surface area contributed by atoms with Gasteiger partial charge in [-0.2, -0.15) is 5.10 Å². The van der Waals surface area contributed by atoms with Crippen LogP contribution in [0, 0.1) is 19.8 Å². The van der Waals surface area contributed by atoms with E-state index in [4.69, 9.17) is 4.74 Å². The van der Waals surface area contributed by atoms with Crippen LogP contribution in [0.25, 0.3) is 5.69 Å². The molecule has 3 rings (SSSR count). The largest absolute Gasteiger partial charge is 0.389 e. The molecule has 1 aliphatic carbocycles. The molecule has 1 atom stereocenters. The number of aromatic nitrogens is 2. The van der Waals surface area contributed by atoms with Crippen molar-refractivity contribution in [1.82, 2.24) is 15.1 Å². The third-order valence-electron chi connectivity index (χ3n) is 4.46. The number of hydrogen-bond donors (Lipinski definition) is 2. The van der Waals surface area contributed by atoms with Gasteiger partial charge in [0.15, 0.2) is 0 Å². The van der Waals surface area contributed by atoms with Crippen molar-refractivity contribution in [1.29, 1.82) is 0 Å². The van der Waals surface area contributed by atoms with E-state index in [-0.39, 0.29) is 19.1 Å². The van der Waals surface area contributed by atoms with E-state index in [2.05, 4.69) is 10.4 Å². The van der Waals surface area contributed by atoms with Crippen LogP contribution in [0.3, 0.4) is 0 Å². The summed E-state index contributed by atoms with van der Waals surface area (Å²) in [5.41, 5.74) is 3.32. The Bertz CT molecular complexity index is 737. The number of aryl methyl sites for hydroxylation is 1. The fraction of sp³-hybridized carbons (Fsp3) is 0.474. The van der Waals surface area contributed by atoms with E-state index in [0.717, 1.165) is 16.9 Å². The van der Waals surface area contributed by atoms with Gasteiger partial charge < -0.3 is 15.2 Å². The van der Waals surface area contributed by atoms with Crippen LogP contribution in [0.2, 0.25) is 0 Å². The maximum Gasteiger partial charge on any atom is 0.254 e. The van der Waals surface area contributed by atoms with Gasteiger partial charge in [0.05, 0.1) is 35.9 Å². The van der Waals surface area contributed by atoms with E-state index in [1.54, 1.807) is 10.9 Å². The number of benzene rings is 1. The van der Waals surface area contributed by atoms with E-state index in [9.17, 15) is 9.90 Å². The van der Waals surface area contributed by atoms with E-state index < -0.39 is 6.10 Å². The zero-order chi connectivity index (χ0) is 17.8. The lowest BCUT2D eigenvalue weighted by Gasteiger charge is -2.12. The van der Waals surface area contributed by atoms with Crippen LogP contribution >= 0.6 is 0 Å². The molecular weight excluding hydrogens is 318 g/mol. The lowest BCUT2D eigenvalue weighted by atomic mass is 10.2. The molecule has 2 N–H and O–H groups in total. The Labute approximate surface area is 147 Å². The summed E-state index contributed by atoms with van der Waals surface area (Å²) >= 11 is 0. The molecule has 0 spiro atoms. The summed E-state index contributed by atoms with van der Waals surface area (Å²) in [6, 6.07) is 7.89. The van der Waals surface area contributed by atoms with Crippen LogP contribution in [0.15, 0.2) is 30.5 Å². The number of carbonyl (C=O) groups is 1. The molecule has 1 unspecified atom stereocenters. The molecular formula is C19H25N3O3. The topological polar surface area (TPSA) is 76.4 Å². The summed E-state index contributed by atoms with van der Waals surface area (Å²) in [6.45, 7) is 4.99. The molecule has 2 aromatic rings. The van der Waals surface area contributed by atoms with Crippen LogP contribution < -0.4 is 5.32 Å². The molecule has 0 aliphatic heterocycles. The number of carbonyl (C=O) groups excluding carboxylic acids is 1. The summed E-state index contributed by atoms with van der Waals surface area (Å²) in [5, 5.41) is 17.0. The van der Waals surface area contributed by atoms with E-state index in [0.29, 0.717) is 18.1 Å². The number of amides is 1. The maximum atomic E-state index is 12.4. The van der Waals surface area contributed by atoms with Crippen molar-refractivity contribution in [3.63, 3.8) is 0 Å². The standard InChI is InChI=1S/C19H25N3O3/c1-13-5-3-4-6-18(13)22-14(2)17(10-21-22)19(24)20-9-16(23)12-25-11-15-7-8-15/h3-6,10,15-16,23H,7-9,11-12H2,1-2H3,(H,20,24). The fourth-order valence-corrected chi connectivity index (χ4v) is 2.70. The third kappa shape index (κ3) is 4.46. The highest BCUT2D eigenvalue weighted by atomic mass is 16.5. The third-order valence-corrected chi connectivity index (χ3v) is 4.46. The Kier molecular flexibility index (Phi) is 5.50. The van der Waals surface area contributed by atoms with Crippen LogP contribution in [0.4, 0.5) is 0 Å². The molecule has 1 saturated carbocycles. The minimum atomic E-state index is -0.700. The number of rotatable bonds is 8. The Morgan fingerprint density at radius 1 is 1.40 bits per heavy atom. The van der Waals surface area contributed by atoms with Gasteiger partial charge in [-0.25, -0.2) is 4.68 Å². The van der Waals surface area contributed by atoms with Crippen LogP contribution in [0.1, 0.15) is 34.5 Å². The molecule has 1 aromatic carbocycles. The van der Waals surface area contributed by atoms with Gasteiger partial charge >= 0.3 is 0 Å². The number of aliphatic hydroxyl groups is 1. The van der Waals surface area contributed by atoms with Gasteiger partial charge in [0.1, 0.15) is 0 Å². The number of nitrogens with zero attached hydrogens (tertiary/aromatic N) is 2. The minimum absolute atomic E-state index is 0.165. The zero-order valence-electron chi connectivity index (χ0n) is 14.7. The molecule has 1 amide bonds. The highest BCUT2D eigenvalue weighted by Gasteiger charge is 2.22. The van der Waals surface area contributed by atoms with Crippen LogP contribution in [-0.2, 0) is 4.74 Å². The number of aliphatic hydroxyl groups excluding tert-OH is 1. The number of hydrogen-bond acceptors (Lipinski definition) is 4. The first-order valence-corrected chi connectivity index (χ1v) is 8.71. The second kappa shape index (κ2) is 7.80. The van der Waals surface area contributed by atoms with E-state index in [1.165, 1.54) is 12.8 Å². The Hall–Kier alpha value is -2.18. The second-order valence-electron chi connectivity index (χ2n) is 6.69. The van der Waals surface area contributed by atoms with Gasteiger partial charge in [-0.3, -0.25) is 4.79 Å². The summed E-state index contributed by atoms with van der Waals surface area (Å²) < 4.78 is 7.20. The fourth-order valence-electron chi connectivity index (χ4n) is 2.70. The predicted octanol–water partition coefficient (Wildman–Crippen LogP) is 2.01. The molecule has 1 heterocycles. The minimum Gasteiger partial charge on any atom is -0.389 e. The van der Waals surface area contributed by atoms with Crippen molar-refractivity contribution in [2.45, 2.75) is 32.8 Å². The monoisotopic (exact) mass is 343 g/mol. The summed E-state index contributed by atoms with van der Waals surface area (Å²) in [4.78, 5) is 12.4. The van der Waals surface area contributed by atoms with Gasteiger partial charge in [0.25, 0.3) is 5.91 Å². The highest BCUT2D eigenvalue weighted by Crippen LogP contribution is 2.28. The number of nitrogens with one attached hydrogen (secondary N) is 1. The van der Waals surface area contributed by atoms with Crippen LogP contribution in [0.5, 0.6) is 0 Å². The summed E-state index contributed by atoms with van der Waals surface area (Å²) in [7, 11) is 0. The number of para-hydroxylation sites is 1. The smallest absolute Gasteiger partial charge is 0.254 e. The average Bonchev–Trinajstić information content (AvgIpc) is 3.34. The normalized spacial score (nSPS) is 15.2. The molecule has 6 heteroatoms. The Morgan fingerprint density at radius 2 is 2.16 bits per heavy atom. The van der Waals surface area contributed by atoms with Crippen molar-refractivity contribution in [3.8, 4) is 5.69 Å². The molecule has 1 aromatic heterocycles. The molecule has 1 aliphatic rings. The summed E-state index contributed by atoms with van der Waals surface area (Å²) in [5.74, 6) is 0.426. The molecule has 1 fully saturated rings. The van der Waals surface area contributed by atoms with Crippen molar-refractivity contribution in [3.05, 3.63) is 47.3 Å². The zero-order valence-corrected chi connectivity index (χ0v) is 14.7. The molecule has 6 nitrogen and oxygen atoms in total. The Morgan fingerprint density at radius 3 is 2.88 bits per heavy atom. The van der Waals surface area contributed by atoms with Crippen molar-refractivity contribution in [2.24, 2.45) is 5.92 Å². The molecule has 134 valence electrons. The van der Waals surface area contributed by atoms with Crippen molar-refractivity contribution >= 4 is 5.91 Å². The lowest BCUT2D eigenvalue weighted by molar-refractivity contribution is 0.0320. The van der Waals surface area contributed by atoms with Gasteiger partial charge in [-0.15, -0.1) is 0 Å². The highest BCUT2D eigenvalue weighted by molar-refractivity contribution is 5.95. The lowest BCUT2D eigenvalue weighted by Crippen LogP contribution is -2.34. The first-order chi connectivity index (χ1) is 12.1. The van der Waals surface area contributed by atoms with Gasteiger partial charge in [0.2, 0.25) is 0 Å². The van der Waals surface area contributed by atoms with Gasteiger partial charge in [0, 0.05) is 13.2 Å². The van der Waals surface area contributed by atoms with Gasteiger partial charge in [-0.1, -0.05) is 18.2 Å². The second-order valence-corrected chi connectivity index (χ2v) is 6.69. The van der Waals surface area contributed by atoms with E-state index >= 15 is 0 Å². The maximum absolute atomic E-state index is 12.4. The first-order valence-electron chi connectivity index (χ1n) is 8.71. The average molecular weight is 343 g/mol. The molecule has 0 bridgehead atoms. The SMILES string of the molecule is Cc1ccccc1-n1ncc(C(=O)NCC(O)COCC2CC2)c1C. The first kappa shape index (κ1) is 17.6. The Balaban J connectivity index is 1.56. The van der Waals surface area contributed by atoms with Crippen LogP contribution in [-0.4, -0.2) is 46.7 Å². The molecule has 0 saturated heterocycles. The summed E-state index contributed by atoms with van der Waals surface area (Å²) in [6.07, 6.45) is 3.30. The van der Waals surface area contributed by atoms with Crippen molar-refractivity contribution < 1.29 is 14.6 Å².